The molecule has 12 heavy (non-hydrogen) atoms. The number of hydrogen-bond acceptors (Lipinski definition) is 2. The fraction of sp³-hybridized carbons (Fsp3) is 0.800. The zero-order valence-corrected chi connectivity index (χ0v) is 8.29. The van der Waals surface area contributed by atoms with E-state index >= 15 is 0 Å². The van der Waals surface area contributed by atoms with E-state index in [9.17, 15) is 0 Å². The van der Waals surface area contributed by atoms with Gasteiger partial charge in [0.1, 0.15) is 0 Å². The Morgan fingerprint density at radius 1 is 1.42 bits per heavy atom. The Morgan fingerprint density at radius 3 is 2.33 bits per heavy atom. The van der Waals surface area contributed by atoms with Crippen LogP contribution in [0.5, 0.6) is 0 Å². The fourth-order valence-electron chi connectivity index (χ4n) is 1.34. The van der Waals surface area contributed by atoms with Gasteiger partial charge in [0.05, 0.1) is 6.10 Å². The molecule has 0 unspecified atom stereocenters. The Kier molecular flexibility index (Phi) is 5.79. The molecule has 2 nitrogen and oxygen atoms in total. The van der Waals surface area contributed by atoms with Crippen LogP contribution in [0.2, 0.25) is 0 Å². The first-order valence-electron chi connectivity index (χ1n) is 4.23. The van der Waals surface area contributed by atoms with Gasteiger partial charge >= 0.3 is 0 Å². The van der Waals surface area contributed by atoms with Crippen LogP contribution in [0.1, 0.15) is 20.8 Å². The van der Waals surface area contributed by atoms with E-state index in [2.05, 4.69) is 11.8 Å². The van der Waals surface area contributed by atoms with Crippen molar-refractivity contribution in [1.29, 1.82) is 0 Å². The molecule has 0 fully saturated rings. The first kappa shape index (κ1) is 11.5. The molecule has 0 aliphatic heterocycles. The summed E-state index contributed by atoms with van der Waals surface area (Å²) in [5.74, 6) is 6.20. The Hall–Kier alpha value is -0.520. The molecule has 3 atom stereocenters. The Labute approximate surface area is 74.9 Å². The molecule has 0 heterocycles. The smallest absolute Gasteiger partial charge is 0.0753 e. The third kappa shape index (κ3) is 3.25. The highest BCUT2D eigenvalue weighted by Crippen LogP contribution is 2.15. The maximum Gasteiger partial charge on any atom is 0.0753 e. The van der Waals surface area contributed by atoms with Gasteiger partial charge in [0.15, 0.2) is 0 Å². The van der Waals surface area contributed by atoms with Crippen molar-refractivity contribution in [3.8, 4) is 11.8 Å². The molecule has 0 saturated carbocycles. The van der Waals surface area contributed by atoms with Gasteiger partial charge < -0.3 is 9.84 Å². The lowest BCUT2D eigenvalue weighted by molar-refractivity contribution is 0.0130. The van der Waals surface area contributed by atoms with Crippen molar-refractivity contribution in [1.82, 2.24) is 0 Å². The molecule has 0 saturated heterocycles. The highest BCUT2D eigenvalue weighted by molar-refractivity contribution is 5.02. The minimum absolute atomic E-state index is 0.0300. The predicted octanol–water partition coefficient (Wildman–Crippen LogP) is 1.29. The summed E-state index contributed by atoms with van der Waals surface area (Å²) in [7, 11) is 1.66. The highest BCUT2D eigenvalue weighted by Gasteiger charge is 2.20. The number of methoxy groups -OCH3 is 1. The lowest BCUT2D eigenvalue weighted by atomic mass is 9.94. The lowest BCUT2D eigenvalue weighted by Crippen LogP contribution is -2.29. The van der Waals surface area contributed by atoms with E-state index in [0.29, 0.717) is 0 Å². The summed E-state index contributed by atoms with van der Waals surface area (Å²) in [4.78, 5) is 0. The van der Waals surface area contributed by atoms with E-state index in [1.807, 2.05) is 20.8 Å². The molecule has 70 valence electrons. The van der Waals surface area contributed by atoms with Gasteiger partial charge in [-0.1, -0.05) is 12.8 Å². The maximum atomic E-state index is 8.93. The second-order valence-corrected chi connectivity index (χ2v) is 3.04. The minimum Gasteiger partial charge on any atom is -0.396 e. The number of aliphatic hydroxyl groups excluding tert-OH is 1. The molecule has 0 aromatic carbocycles. The second-order valence-electron chi connectivity index (χ2n) is 3.04. The first-order valence-corrected chi connectivity index (χ1v) is 4.23. The average molecular weight is 170 g/mol. The average Bonchev–Trinajstić information content (AvgIpc) is 2.06. The van der Waals surface area contributed by atoms with Gasteiger partial charge in [0.2, 0.25) is 0 Å². The van der Waals surface area contributed by atoms with E-state index in [1.165, 1.54) is 0 Å². The van der Waals surface area contributed by atoms with E-state index in [1.54, 1.807) is 7.11 Å². The molecule has 0 radical (unpaired) electrons. The number of ether oxygens (including phenoxy) is 1. The van der Waals surface area contributed by atoms with Gasteiger partial charge in [-0.25, -0.2) is 0 Å². The number of rotatable bonds is 4. The van der Waals surface area contributed by atoms with Crippen molar-refractivity contribution >= 4 is 0 Å². The molecule has 2 heteroatoms. The third-order valence-electron chi connectivity index (χ3n) is 1.99. The summed E-state index contributed by atoms with van der Waals surface area (Å²) in [6.45, 7) is 5.93. The summed E-state index contributed by atoms with van der Waals surface area (Å²) in [6.07, 6.45) is 0.0300. The summed E-state index contributed by atoms with van der Waals surface area (Å²) in [5.41, 5.74) is 0. The Balaban J connectivity index is 4.19. The number of hydrogen-bond donors (Lipinski definition) is 1. The molecule has 0 aromatic heterocycles. The summed E-state index contributed by atoms with van der Waals surface area (Å²) < 4.78 is 5.25. The fourth-order valence-corrected chi connectivity index (χ4v) is 1.34. The van der Waals surface area contributed by atoms with Crippen molar-refractivity contribution in [2.45, 2.75) is 26.9 Å². The van der Waals surface area contributed by atoms with Crippen LogP contribution in [0, 0.1) is 23.7 Å². The zero-order chi connectivity index (χ0) is 9.56. The first-order chi connectivity index (χ1) is 5.67. The van der Waals surface area contributed by atoms with Gasteiger partial charge in [-0.3, -0.25) is 0 Å². The monoisotopic (exact) mass is 170 g/mol. The van der Waals surface area contributed by atoms with Crippen molar-refractivity contribution < 1.29 is 9.84 Å². The van der Waals surface area contributed by atoms with E-state index in [4.69, 9.17) is 9.84 Å². The van der Waals surface area contributed by atoms with Crippen molar-refractivity contribution in [2.24, 2.45) is 11.8 Å². The second kappa shape index (κ2) is 6.05. The minimum atomic E-state index is 0.0300. The van der Waals surface area contributed by atoms with E-state index < -0.39 is 0 Å². The molecule has 1 N–H and O–H groups in total. The molecule has 0 amide bonds. The van der Waals surface area contributed by atoms with Crippen LogP contribution in [-0.4, -0.2) is 24.9 Å². The van der Waals surface area contributed by atoms with Gasteiger partial charge in [0.25, 0.3) is 0 Å². The topological polar surface area (TPSA) is 29.5 Å². The maximum absolute atomic E-state index is 8.93. The Bertz CT molecular complexity index is 166. The van der Waals surface area contributed by atoms with E-state index in [-0.39, 0.29) is 24.5 Å². The van der Waals surface area contributed by atoms with Crippen LogP contribution in [0.3, 0.4) is 0 Å². The van der Waals surface area contributed by atoms with Crippen LogP contribution < -0.4 is 0 Å². The quantitative estimate of drug-likeness (QED) is 0.644. The SMILES string of the molecule is CC#C[C@@H](C)[C@H](OC)[C@@H](C)CO. The standard InChI is InChI=1S/C10H18O2/c1-5-6-8(2)10(12-4)9(3)7-11/h8-11H,7H2,1-4H3/t8-,9+,10+/m1/s1. The summed E-state index contributed by atoms with van der Waals surface area (Å²) in [6, 6.07) is 0. The third-order valence-corrected chi connectivity index (χ3v) is 1.99. The summed E-state index contributed by atoms with van der Waals surface area (Å²) >= 11 is 0. The van der Waals surface area contributed by atoms with Crippen molar-refractivity contribution in [3.05, 3.63) is 0 Å². The van der Waals surface area contributed by atoms with Crippen molar-refractivity contribution in [3.63, 3.8) is 0 Å². The normalized spacial score (nSPS) is 17.4. The van der Waals surface area contributed by atoms with Gasteiger partial charge in [0, 0.05) is 25.6 Å². The molecule has 0 aromatic rings. The van der Waals surface area contributed by atoms with Gasteiger partial charge in [-0.05, 0) is 13.8 Å². The van der Waals surface area contributed by atoms with Gasteiger partial charge in [-0.15, -0.1) is 5.92 Å². The van der Waals surface area contributed by atoms with E-state index in [0.717, 1.165) is 0 Å². The summed E-state index contributed by atoms with van der Waals surface area (Å²) in [5, 5.41) is 8.93. The van der Waals surface area contributed by atoms with Crippen LogP contribution in [0.15, 0.2) is 0 Å². The molecule has 0 spiro atoms. The highest BCUT2D eigenvalue weighted by atomic mass is 16.5. The molecule has 0 bridgehead atoms. The molecular formula is C10H18O2. The predicted molar refractivity (Wildman–Crippen MR) is 49.7 cm³/mol. The zero-order valence-electron chi connectivity index (χ0n) is 8.29. The van der Waals surface area contributed by atoms with Crippen LogP contribution >= 0.6 is 0 Å². The van der Waals surface area contributed by atoms with Gasteiger partial charge in [-0.2, -0.15) is 0 Å². The van der Waals surface area contributed by atoms with Crippen LogP contribution in [0.4, 0.5) is 0 Å². The number of aliphatic hydroxyl groups is 1. The molecular weight excluding hydrogens is 152 g/mol. The van der Waals surface area contributed by atoms with Crippen LogP contribution in [-0.2, 0) is 4.74 Å². The largest absolute Gasteiger partial charge is 0.396 e. The molecule has 0 aliphatic carbocycles. The molecule has 0 rings (SSSR count). The Morgan fingerprint density at radius 2 is 2.00 bits per heavy atom. The molecule has 0 aliphatic rings. The van der Waals surface area contributed by atoms with Crippen molar-refractivity contribution in [2.75, 3.05) is 13.7 Å². The van der Waals surface area contributed by atoms with Crippen LogP contribution in [0.25, 0.3) is 0 Å². The lowest BCUT2D eigenvalue weighted by Gasteiger charge is -2.23.